The molecule has 0 amide bonds. The zero-order chi connectivity index (χ0) is 30.1. The Bertz CT molecular complexity index is 1790. The number of aliphatic hydroxyl groups is 1. The first-order valence-electron chi connectivity index (χ1n) is 16.0. The third-order valence-electron chi connectivity index (χ3n) is 10.8. The summed E-state index contributed by atoms with van der Waals surface area (Å²) in [6, 6.07) is 12.4. The SMILES string of the molecule is C=CCn1c(=O)c2cnc(Nc3ccc(N4CCC5(CCN(C)CC5)CC4)cc3)nc2n1-c1ccc2c(n1)C(O)C1(CC1)C2. The highest BCUT2D eigenvalue weighted by Crippen LogP contribution is 2.61. The van der Waals surface area contributed by atoms with E-state index in [-0.39, 0.29) is 11.0 Å². The molecule has 4 aromatic rings. The van der Waals surface area contributed by atoms with Crippen molar-refractivity contribution in [1.82, 2.24) is 29.2 Å². The lowest BCUT2D eigenvalue weighted by Gasteiger charge is -2.46. The van der Waals surface area contributed by atoms with Crippen molar-refractivity contribution in [3.05, 3.63) is 76.9 Å². The van der Waals surface area contributed by atoms with Crippen molar-refractivity contribution < 1.29 is 5.11 Å². The van der Waals surface area contributed by atoms with Gasteiger partial charge in [0.1, 0.15) is 11.5 Å². The third kappa shape index (κ3) is 4.54. The number of nitrogens with zero attached hydrogens (tertiary/aromatic N) is 7. The summed E-state index contributed by atoms with van der Waals surface area (Å²) in [5.74, 6) is 0.946. The highest BCUT2D eigenvalue weighted by atomic mass is 16.3. The van der Waals surface area contributed by atoms with Crippen LogP contribution in [0.3, 0.4) is 0 Å². The number of anilines is 3. The molecule has 4 aliphatic rings. The predicted octanol–water partition coefficient (Wildman–Crippen LogP) is 4.59. The summed E-state index contributed by atoms with van der Waals surface area (Å²) in [5.41, 5.74) is 4.64. The standard InChI is InChI=1S/C34H40N8O2/c1-3-16-41-31(44)26-22-35-32(38-30(26)42(41)27-9-4-23-21-34(10-11-34)29(43)28(23)37-27)36-24-5-7-25(8-6-24)40-19-14-33(15-20-40)12-17-39(2)18-13-33/h3-9,22,29,43H,1,10-21H2,2H3,(H,35,36,38). The van der Waals surface area contributed by atoms with Gasteiger partial charge >= 0.3 is 0 Å². The van der Waals surface area contributed by atoms with E-state index in [1.165, 1.54) is 44.5 Å². The molecule has 10 nitrogen and oxygen atoms in total. The maximum absolute atomic E-state index is 13.4. The molecular weight excluding hydrogens is 552 g/mol. The summed E-state index contributed by atoms with van der Waals surface area (Å²) < 4.78 is 3.30. The fourth-order valence-electron chi connectivity index (χ4n) is 7.70. The Hall–Kier alpha value is -4.02. The summed E-state index contributed by atoms with van der Waals surface area (Å²) in [6.45, 7) is 8.78. The minimum atomic E-state index is -0.575. The van der Waals surface area contributed by atoms with Crippen molar-refractivity contribution in [3.63, 3.8) is 0 Å². The van der Waals surface area contributed by atoms with E-state index in [2.05, 4.69) is 58.0 Å². The minimum absolute atomic E-state index is 0.0504. The van der Waals surface area contributed by atoms with Crippen molar-refractivity contribution in [3.8, 4) is 5.82 Å². The molecule has 2 saturated heterocycles. The zero-order valence-corrected chi connectivity index (χ0v) is 25.4. The van der Waals surface area contributed by atoms with E-state index in [1.807, 2.05) is 12.1 Å². The fourth-order valence-corrected chi connectivity index (χ4v) is 7.70. The number of aliphatic hydroxyl groups excluding tert-OH is 1. The van der Waals surface area contributed by atoms with Gasteiger partial charge in [0.25, 0.3) is 5.56 Å². The highest BCUT2D eigenvalue weighted by molar-refractivity contribution is 5.77. The molecule has 8 rings (SSSR count). The number of likely N-dealkylation sites (tertiary alicyclic amines) is 1. The van der Waals surface area contributed by atoms with Crippen LogP contribution in [0.1, 0.15) is 55.9 Å². The molecule has 5 heterocycles. The molecule has 2 aliphatic heterocycles. The molecule has 1 saturated carbocycles. The highest BCUT2D eigenvalue weighted by Gasteiger charge is 2.55. The lowest BCUT2D eigenvalue weighted by Crippen LogP contribution is -2.46. The van der Waals surface area contributed by atoms with Crippen molar-refractivity contribution in [2.24, 2.45) is 10.8 Å². The summed E-state index contributed by atoms with van der Waals surface area (Å²) >= 11 is 0. The second-order valence-electron chi connectivity index (χ2n) is 13.5. The predicted molar refractivity (Wildman–Crippen MR) is 172 cm³/mol. The minimum Gasteiger partial charge on any atom is -0.386 e. The Morgan fingerprint density at radius 3 is 2.43 bits per heavy atom. The van der Waals surface area contributed by atoms with E-state index in [4.69, 9.17) is 9.97 Å². The van der Waals surface area contributed by atoms with Crippen LogP contribution in [0.2, 0.25) is 0 Å². The van der Waals surface area contributed by atoms with Gasteiger partial charge in [0.15, 0.2) is 11.5 Å². The van der Waals surface area contributed by atoms with Gasteiger partial charge in [0.05, 0.1) is 12.2 Å². The molecule has 3 aromatic heterocycles. The van der Waals surface area contributed by atoms with E-state index in [9.17, 15) is 9.90 Å². The van der Waals surface area contributed by atoms with E-state index in [1.54, 1.807) is 21.6 Å². The second kappa shape index (κ2) is 10.3. The van der Waals surface area contributed by atoms with Gasteiger partial charge in [-0.1, -0.05) is 12.1 Å². The van der Waals surface area contributed by atoms with E-state index in [0.29, 0.717) is 40.5 Å². The quantitative estimate of drug-likeness (QED) is 0.314. The number of benzene rings is 1. The van der Waals surface area contributed by atoms with Gasteiger partial charge in [-0.2, -0.15) is 4.98 Å². The fraction of sp³-hybridized carbons (Fsp3) is 0.471. The molecule has 0 radical (unpaired) electrons. The van der Waals surface area contributed by atoms with E-state index >= 15 is 0 Å². The Balaban J connectivity index is 1.04. The van der Waals surface area contributed by atoms with Gasteiger partial charge in [-0.15, -0.1) is 6.58 Å². The number of aromatic nitrogens is 5. The molecule has 44 heavy (non-hydrogen) atoms. The van der Waals surface area contributed by atoms with Gasteiger partial charge in [-0.3, -0.25) is 4.79 Å². The van der Waals surface area contributed by atoms with Crippen LogP contribution in [0.5, 0.6) is 0 Å². The van der Waals surface area contributed by atoms with Crippen molar-refractivity contribution in [1.29, 1.82) is 0 Å². The molecule has 1 aromatic carbocycles. The van der Waals surface area contributed by atoms with Gasteiger partial charge in [0, 0.05) is 36.1 Å². The molecule has 2 aliphatic carbocycles. The molecule has 2 spiro atoms. The summed E-state index contributed by atoms with van der Waals surface area (Å²) in [4.78, 5) is 32.5. The van der Waals surface area contributed by atoms with Crippen molar-refractivity contribution in [2.75, 3.05) is 43.4 Å². The Labute approximate surface area is 257 Å². The zero-order valence-electron chi connectivity index (χ0n) is 25.4. The first-order chi connectivity index (χ1) is 21.4. The average molecular weight is 593 g/mol. The monoisotopic (exact) mass is 592 g/mol. The molecule has 2 N–H and O–H groups in total. The first kappa shape index (κ1) is 27.5. The van der Waals surface area contributed by atoms with Crippen LogP contribution >= 0.6 is 0 Å². The van der Waals surface area contributed by atoms with Gasteiger partial charge in [-0.25, -0.2) is 19.3 Å². The van der Waals surface area contributed by atoms with Crippen LogP contribution in [-0.2, 0) is 13.0 Å². The number of hydrogen-bond acceptors (Lipinski definition) is 8. The molecular formula is C34H40N8O2. The number of allylic oxidation sites excluding steroid dienone is 1. The largest absolute Gasteiger partial charge is 0.386 e. The number of hydrogen-bond donors (Lipinski definition) is 2. The van der Waals surface area contributed by atoms with E-state index < -0.39 is 6.10 Å². The number of piperidine rings is 2. The number of pyridine rings is 1. The molecule has 0 bridgehead atoms. The first-order valence-corrected chi connectivity index (χ1v) is 16.0. The lowest BCUT2D eigenvalue weighted by atomic mass is 9.71. The normalized spacial score (nSPS) is 22.0. The maximum Gasteiger partial charge on any atom is 0.278 e. The van der Waals surface area contributed by atoms with Gasteiger partial charge < -0.3 is 20.2 Å². The lowest BCUT2D eigenvalue weighted by molar-refractivity contribution is 0.0945. The molecule has 228 valence electrons. The van der Waals surface area contributed by atoms with Crippen LogP contribution in [0.4, 0.5) is 17.3 Å². The van der Waals surface area contributed by atoms with Crippen LogP contribution in [-0.4, -0.2) is 67.5 Å². The Kier molecular flexibility index (Phi) is 6.43. The van der Waals surface area contributed by atoms with Crippen LogP contribution in [0.25, 0.3) is 16.9 Å². The maximum atomic E-state index is 13.4. The molecule has 1 atom stereocenters. The number of fused-ring (bicyclic) bond motifs is 2. The summed E-state index contributed by atoms with van der Waals surface area (Å²) in [5, 5.41) is 14.8. The molecule has 1 unspecified atom stereocenters. The summed E-state index contributed by atoms with van der Waals surface area (Å²) in [7, 11) is 2.23. The van der Waals surface area contributed by atoms with Crippen LogP contribution in [0.15, 0.2) is 60.0 Å². The van der Waals surface area contributed by atoms with Gasteiger partial charge in [-0.05, 0) is 106 Å². The van der Waals surface area contributed by atoms with Gasteiger partial charge in [0.2, 0.25) is 5.95 Å². The van der Waals surface area contributed by atoms with Crippen molar-refractivity contribution in [2.45, 2.75) is 57.6 Å². The molecule has 3 fully saturated rings. The number of rotatable bonds is 6. The van der Waals surface area contributed by atoms with E-state index in [0.717, 1.165) is 43.6 Å². The van der Waals surface area contributed by atoms with Crippen LogP contribution < -0.4 is 15.8 Å². The smallest absolute Gasteiger partial charge is 0.278 e. The Morgan fingerprint density at radius 1 is 1.00 bits per heavy atom. The average Bonchev–Trinajstić information content (AvgIpc) is 3.71. The Morgan fingerprint density at radius 2 is 1.73 bits per heavy atom. The van der Waals surface area contributed by atoms with Crippen molar-refractivity contribution >= 4 is 28.4 Å². The topological polar surface area (TPSA) is 104 Å². The van der Waals surface area contributed by atoms with Crippen LogP contribution in [0, 0.1) is 10.8 Å². The second-order valence-corrected chi connectivity index (χ2v) is 13.5. The summed E-state index contributed by atoms with van der Waals surface area (Å²) in [6.07, 6.45) is 10.7. The number of nitrogens with one attached hydrogen (secondary N) is 1. The third-order valence-corrected chi connectivity index (χ3v) is 10.8. The molecule has 10 heteroatoms.